The fourth-order valence-electron chi connectivity index (χ4n) is 4.28. The topological polar surface area (TPSA) is 68.1 Å². The van der Waals surface area contributed by atoms with E-state index >= 15 is 0 Å². The van der Waals surface area contributed by atoms with Crippen molar-refractivity contribution in [1.82, 2.24) is 25.3 Å². The van der Waals surface area contributed by atoms with E-state index in [-0.39, 0.29) is 6.10 Å². The summed E-state index contributed by atoms with van der Waals surface area (Å²) in [5, 5.41) is 18.1. The predicted octanol–water partition coefficient (Wildman–Crippen LogP) is 3.72. The number of hydrogen-bond acceptors (Lipinski definition) is 6. The van der Waals surface area contributed by atoms with Gasteiger partial charge in [-0.3, -0.25) is 0 Å². The van der Waals surface area contributed by atoms with E-state index in [2.05, 4.69) is 46.7 Å². The molecule has 0 saturated heterocycles. The molecule has 3 heterocycles. The van der Waals surface area contributed by atoms with Crippen LogP contribution < -0.4 is 15.0 Å². The van der Waals surface area contributed by atoms with Gasteiger partial charge >= 0.3 is 0 Å². The molecule has 1 N–H and O–H groups in total. The number of fused-ring (bicyclic) bond motifs is 2. The summed E-state index contributed by atoms with van der Waals surface area (Å²) in [7, 11) is 3.91. The number of benzene rings is 2. The molecule has 0 fully saturated rings. The second-order valence-electron chi connectivity index (χ2n) is 8.16. The van der Waals surface area contributed by atoms with Crippen LogP contribution in [-0.2, 0) is 6.54 Å². The van der Waals surface area contributed by atoms with E-state index < -0.39 is 0 Å². The van der Waals surface area contributed by atoms with Crippen molar-refractivity contribution < 1.29 is 4.74 Å². The van der Waals surface area contributed by atoms with Crippen LogP contribution >= 0.6 is 0 Å². The van der Waals surface area contributed by atoms with Crippen LogP contribution in [0.1, 0.15) is 28.6 Å². The Labute approximate surface area is 181 Å². The van der Waals surface area contributed by atoms with Crippen molar-refractivity contribution in [1.29, 1.82) is 0 Å². The van der Waals surface area contributed by atoms with Gasteiger partial charge in [-0.25, -0.2) is 4.68 Å². The van der Waals surface area contributed by atoms with Crippen molar-refractivity contribution in [3.8, 4) is 11.4 Å². The summed E-state index contributed by atoms with van der Waals surface area (Å²) in [5.74, 6) is 1.58. The van der Waals surface area contributed by atoms with E-state index in [1.807, 2.05) is 54.9 Å². The maximum absolute atomic E-state index is 6.41. The Morgan fingerprint density at radius 3 is 2.74 bits per heavy atom. The number of nitrogens with zero attached hydrogens (tertiary/aromatic N) is 5. The van der Waals surface area contributed by atoms with Gasteiger partial charge < -0.3 is 15.0 Å². The molecule has 7 heteroatoms. The fourth-order valence-corrected chi connectivity index (χ4v) is 4.28. The Bertz CT molecular complexity index is 1260. The molecule has 2 aromatic heterocycles. The molecule has 0 spiro atoms. The van der Waals surface area contributed by atoms with Crippen LogP contribution in [0.2, 0.25) is 0 Å². The molecular weight excluding hydrogens is 388 g/mol. The first-order valence-corrected chi connectivity index (χ1v) is 10.5. The Morgan fingerprint density at radius 2 is 1.90 bits per heavy atom. The van der Waals surface area contributed by atoms with E-state index in [4.69, 9.17) is 9.84 Å². The standard InChI is InChI=1S/C24H26N6O/c1-15-22-16(2)30(28-23(22)24(27-26-15)29(3)4)18-9-7-10-19(12-18)31-21-14-25-13-17-8-5-6-11-20(17)21/h5-12,21,25H,13-14H2,1-4H3. The highest BCUT2D eigenvalue weighted by Gasteiger charge is 2.22. The highest BCUT2D eigenvalue weighted by molar-refractivity contribution is 5.92. The van der Waals surface area contributed by atoms with Crippen molar-refractivity contribution >= 4 is 16.7 Å². The number of ether oxygens (including phenoxy) is 1. The van der Waals surface area contributed by atoms with Crippen LogP contribution in [0.25, 0.3) is 16.6 Å². The SMILES string of the molecule is Cc1nnc(N(C)C)c2nn(-c3cccc(OC4CNCc5ccccc54)c3)c(C)c12. The van der Waals surface area contributed by atoms with Gasteiger partial charge in [-0.15, -0.1) is 5.10 Å². The van der Waals surface area contributed by atoms with Gasteiger partial charge in [0.05, 0.1) is 22.5 Å². The molecule has 7 nitrogen and oxygen atoms in total. The number of aryl methyl sites for hydroxylation is 2. The highest BCUT2D eigenvalue weighted by Crippen LogP contribution is 2.31. The predicted molar refractivity (Wildman–Crippen MR) is 122 cm³/mol. The minimum Gasteiger partial charge on any atom is -0.484 e. The Balaban J connectivity index is 1.53. The average molecular weight is 415 g/mol. The zero-order chi connectivity index (χ0) is 21.5. The fraction of sp³-hybridized carbons (Fsp3) is 0.292. The van der Waals surface area contributed by atoms with Gasteiger partial charge in [-0.2, -0.15) is 10.2 Å². The molecule has 1 aliphatic rings. The van der Waals surface area contributed by atoms with Crippen molar-refractivity contribution in [2.75, 3.05) is 25.5 Å². The third-order valence-electron chi connectivity index (χ3n) is 5.80. The molecule has 4 aromatic rings. The van der Waals surface area contributed by atoms with Crippen LogP contribution in [0.5, 0.6) is 5.75 Å². The van der Waals surface area contributed by atoms with E-state index in [0.29, 0.717) is 0 Å². The lowest BCUT2D eigenvalue weighted by atomic mass is 9.99. The summed E-state index contributed by atoms with van der Waals surface area (Å²) < 4.78 is 8.36. The first kappa shape index (κ1) is 19.5. The average Bonchev–Trinajstić information content (AvgIpc) is 3.12. The van der Waals surface area contributed by atoms with Gasteiger partial charge in [0.2, 0.25) is 0 Å². The number of hydrogen-bond donors (Lipinski definition) is 1. The van der Waals surface area contributed by atoms with Crippen LogP contribution in [-0.4, -0.2) is 40.6 Å². The molecule has 2 aromatic carbocycles. The molecule has 158 valence electrons. The van der Waals surface area contributed by atoms with E-state index in [9.17, 15) is 0 Å². The lowest BCUT2D eigenvalue weighted by Gasteiger charge is -2.27. The molecular formula is C24H26N6O. The summed E-state index contributed by atoms with van der Waals surface area (Å²) in [6, 6.07) is 16.5. The molecule has 31 heavy (non-hydrogen) atoms. The monoisotopic (exact) mass is 414 g/mol. The zero-order valence-electron chi connectivity index (χ0n) is 18.3. The first-order chi connectivity index (χ1) is 15.0. The number of anilines is 1. The maximum atomic E-state index is 6.41. The molecule has 0 saturated carbocycles. The third kappa shape index (κ3) is 3.41. The normalized spacial score (nSPS) is 15.7. The maximum Gasteiger partial charge on any atom is 0.179 e. The zero-order valence-corrected chi connectivity index (χ0v) is 18.3. The Hall–Kier alpha value is -3.45. The van der Waals surface area contributed by atoms with Gasteiger partial charge in [0, 0.05) is 33.3 Å². The molecule has 0 bridgehead atoms. The van der Waals surface area contributed by atoms with Gasteiger partial charge in [0.1, 0.15) is 17.4 Å². The van der Waals surface area contributed by atoms with Crippen molar-refractivity contribution in [2.24, 2.45) is 0 Å². The van der Waals surface area contributed by atoms with Gasteiger partial charge in [0.25, 0.3) is 0 Å². The largest absolute Gasteiger partial charge is 0.484 e. The van der Waals surface area contributed by atoms with E-state index in [0.717, 1.165) is 52.6 Å². The smallest absolute Gasteiger partial charge is 0.179 e. The third-order valence-corrected chi connectivity index (χ3v) is 5.80. The van der Waals surface area contributed by atoms with Crippen molar-refractivity contribution in [3.05, 3.63) is 71.0 Å². The van der Waals surface area contributed by atoms with Gasteiger partial charge in [-0.05, 0) is 37.1 Å². The number of aromatic nitrogens is 4. The summed E-state index contributed by atoms with van der Waals surface area (Å²) in [6.07, 6.45) is -0.0195. The van der Waals surface area contributed by atoms with Gasteiger partial charge in [-0.1, -0.05) is 30.3 Å². The summed E-state index contributed by atoms with van der Waals surface area (Å²) in [6.45, 7) is 5.71. The lowest BCUT2D eigenvalue weighted by molar-refractivity contribution is 0.191. The van der Waals surface area contributed by atoms with Crippen LogP contribution in [0.3, 0.4) is 0 Å². The Morgan fingerprint density at radius 1 is 1.06 bits per heavy atom. The molecule has 0 radical (unpaired) electrons. The van der Waals surface area contributed by atoms with Crippen LogP contribution in [0.15, 0.2) is 48.5 Å². The minimum atomic E-state index is -0.0195. The molecule has 1 atom stereocenters. The van der Waals surface area contributed by atoms with E-state index in [1.165, 1.54) is 11.1 Å². The van der Waals surface area contributed by atoms with Gasteiger partial charge in [0.15, 0.2) is 5.82 Å². The summed E-state index contributed by atoms with van der Waals surface area (Å²) in [4.78, 5) is 1.94. The molecule has 1 aliphatic heterocycles. The minimum absolute atomic E-state index is 0.0195. The van der Waals surface area contributed by atoms with Crippen molar-refractivity contribution in [3.63, 3.8) is 0 Å². The second kappa shape index (κ2) is 7.67. The summed E-state index contributed by atoms with van der Waals surface area (Å²) >= 11 is 0. The van der Waals surface area contributed by atoms with Crippen molar-refractivity contribution in [2.45, 2.75) is 26.5 Å². The Kier molecular flexibility index (Phi) is 4.82. The van der Waals surface area contributed by atoms with Crippen LogP contribution in [0.4, 0.5) is 5.82 Å². The second-order valence-corrected chi connectivity index (χ2v) is 8.16. The number of rotatable bonds is 4. The summed E-state index contributed by atoms with van der Waals surface area (Å²) in [5.41, 5.74) is 6.25. The lowest BCUT2D eigenvalue weighted by Crippen LogP contribution is -2.31. The van der Waals surface area contributed by atoms with Crippen LogP contribution in [0, 0.1) is 13.8 Å². The quantitative estimate of drug-likeness (QED) is 0.549. The molecule has 5 rings (SSSR count). The number of nitrogens with one attached hydrogen (secondary N) is 1. The first-order valence-electron chi connectivity index (χ1n) is 10.5. The highest BCUT2D eigenvalue weighted by atomic mass is 16.5. The molecule has 0 aliphatic carbocycles. The molecule has 0 amide bonds. The molecule has 1 unspecified atom stereocenters. The van der Waals surface area contributed by atoms with E-state index in [1.54, 1.807) is 0 Å².